The monoisotopic (exact) mass is 298 g/mol. The molecule has 1 aliphatic heterocycles. The van der Waals surface area contributed by atoms with Gasteiger partial charge in [0.25, 0.3) is 0 Å². The number of carbonyl (C=O) groups is 1. The van der Waals surface area contributed by atoms with Crippen LogP contribution in [0.3, 0.4) is 0 Å². The zero-order valence-electron chi connectivity index (χ0n) is 12.3. The Morgan fingerprint density at radius 3 is 2.86 bits per heavy atom. The number of hydrogen-bond donors (Lipinski definition) is 2. The van der Waals surface area contributed by atoms with Gasteiger partial charge < -0.3 is 20.1 Å². The molecule has 1 aliphatic rings. The van der Waals surface area contributed by atoms with Crippen LogP contribution in [0.2, 0.25) is 0 Å². The highest BCUT2D eigenvalue weighted by atomic mass is 16.5. The maximum Gasteiger partial charge on any atom is 0.319 e. The molecule has 1 heterocycles. The van der Waals surface area contributed by atoms with E-state index in [-0.39, 0.29) is 11.9 Å². The lowest BCUT2D eigenvalue weighted by molar-refractivity contribution is 0.250. The van der Waals surface area contributed by atoms with Crippen LogP contribution < -0.4 is 20.1 Å². The third kappa shape index (κ3) is 2.98. The maximum absolute atomic E-state index is 12.0. The molecule has 22 heavy (non-hydrogen) atoms. The summed E-state index contributed by atoms with van der Waals surface area (Å²) in [7, 11) is 1.57. The summed E-state index contributed by atoms with van der Waals surface area (Å²) in [5, 5.41) is 5.67. The van der Waals surface area contributed by atoms with Crippen molar-refractivity contribution in [3.05, 3.63) is 54.1 Å². The fourth-order valence-electron chi connectivity index (χ4n) is 2.53. The molecule has 114 valence electrons. The van der Waals surface area contributed by atoms with Crippen LogP contribution in [0.25, 0.3) is 0 Å². The van der Waals surface area contributed by atoms with Crippen LogP contribution in [0.5, 0.6) is 11.5 Å². The summed E-state index contributed by atoms with van der Waals surface area (Å²) < 4.78 is 10.8. The Hall–Kier alpha value is -2.69. The van der Waals surface area contributed by atoms with E-state index >= 15 is 0 Å². The predicted molar refractivity (Wildman–Crippen MR) is 84.7 cm³/mol. The van der Waals surface area contributed by atoms with Crippen molar-refractivity contribution in [1.82, 2.24) is 5.32 Å². The number of fused-ring (bicyclic) bond motifs is 1. The summed E-state index contributed by atoms with van der Waals surface area (Å²) in [5.74, 6) is 1.71. The van der Waals surface area contributed by atoms with Gasteiger partial charge in [-0.1, -0.05) is 30.3 Å². The molecule has 0 aromatic heterocycles. The van der Waals surface area contributed by atoms with Gasteiger partial charge in [0.1, 0.15) is 11.5 Å². The van der Waals surface area contributed by atoms with Crippen molar-refractivity contribution in [2.45, 2.75) is 5.92 Å². The Bertz CT molecular complexity index is 672. The van der Waals surface area contributed by atoms with Gasteiger partial charge in [-0.3, -0.25) is 0 Å². The fourth-order valence-corrected chi connectivity index (χ4v) is 2.53. The quantitative estimate of drug-likeness (QED) is 0.912. The summed E-state index contributed by atoms with van der Waals surface area (Å²) >= 11 is 0. The Kier molecular flexibility index (Phi) is 4.14. The standard InChI is InChI=1S/C17H18N2O3/c1-21-16-9-5-3-7-14(16)19-17(20)18-10-12-11-22-15-8-4-2-6-13(12)15/h2-9,12H,10-11H2,1H3,(H2,18,19,20). The number of amides is 2. The molecular weight excluding hydrogens is 280 g/mol. The third-order valence-electron chi connectivity index (χ3n) is 3.66. The van der Waals surface area contributed by atoms with Gasteiger partial charge in [0.2, 0.25) is 0 Å². The Morgan fingerprint density at radius 2 is 2.00 bits per heavy atom. The molecule has 3 rings (SSSR count). The van der Waals surface area contributed by atoms with Gasteiger partial charge in [-0.15, -0.1) is 0 Å². The summed E-state index contributed by atoms with van der Waals surface area (Å²) in [6, 6.07) is 15.0. The number of para-hydroxylation sites is 3. The van der Waals surface area contributed by atoms with Gasteiger partial charge in [0.15, 0.2) is 0 Å². The van der Waals surface area contributed by atoms with Gasteiger partial charge in [-0.2, -0.15) is 0 Å². The van der Waals surface area contributed by atoms with Crippen LogP contribution in [0, 0.1) is 0 Å². The predicted octanol–water partition coefficient (Wildman–Crippen LogP) is 2.99. The zero-order valence-corrected chi connectivity index (χ0v) is 12.3. The summed E-state index contributed by atoms with van der Waals surface area (Å²) in [5.41, 5.74) is 1.78. The molecule has 0 saturated heterocycles. The first-order valence-corrected chi connectivity index (χ1v) is 7.17. The van der Waals surface area contributed by atoms with Crippen molar-refractivity contribution in [2.75, 3.05) is 25.6 Å². The van der Waals surface area contributed by atoms with E-state index in [9.17, 15) is 4.79 Å². The molecule has 2 N–H and O–H groups in total. The minimum atomic E-state index is -0.256. The van der Waals surface area contributed by atoms with Crippen molar-refractivity contribution in [1.29, 1.82) is 0 Å². The number of carbonyl (C=O) groups excluding carboxylic acids is 1. The number of benzene rings is 2. The van der Waals surface area contributed by atoms with E-state index in [1.54, 1.807) is 19.2 Å². The molecular formula is C17H18N2O3. The molecule has 0 saturated carbocycles. The topological polar surface area (TPSA) is 59.6 Å². The zero-order chi connectivity index (χ0) is 15.4. The molecule has 1 atom stereocenters. The molecule has 5 heteroatoms. The molecule has 2 aromatic carbocycles. The van der Waals surface area contributed by atoms with Crippen LogP contribution in [0.15, 0.2) is 48.5 Å². The molecule has 5 nitrogen and oxygen atoms in total. The van der Waals surface area contributed by atoms with Gasteiger partial charge >= 0.3 is 6.03 Å². The lowest BCUT2D eigenvalue weighted by Gasteiger charge is -2.13. The van der Waals surface area contributed by atoms with Gasteiger partial charge in [-0.25, -0.2) is 4.79 Å². The van der Waals surface area contributed by atoms with Crippen LogP contribution in [0.4, 0.5) is 10.5 Å². The Balaban J connectivity index is 1.57. The van der Waals surface area contributed by atoms with Crippen molar-refractivity contribution in [2.24, 2.45) is 0 Å². The van der Waals surface area contributed by atoms with Crippen LogP contribution >= 0.6 is 0 Å². The van der Waals surface area contributed by atoms with E-state index < -0.39 is 0 Å². The molecule has 1 unspecified atom stereocenters. The van der Waals surface area contributed by atoms with Crippen LogP contribution in [-0.2, 0) is 0 Å². The minimum absolute atomic E-state index is 0.180. The first kappa shape index (κ1) is 14.3. The summed E-state index contributed by atoms with van der Waals surface area (Å²) in [6.45, 7) is 1.12. The lowest BCUT2D eigenvalue weighted by Crippen LogP contribution is -2.32. The van der Waals surface area contributed by atoms with E-state index in [1.165, 1.54) is 0 Å². The highest BCUT2D eigenvalue weighted by Gasteiger charge is 2.23. The number of ether oxygens (including phenoxy) is 2. The Morgan fingerprint density at radius 1 is 1.23 bits per heavy atom. The SMILES string of the molecule is COc1ccccc1NC(=O)NCC1COc2ccccc21. The number of urea groups is 1. The van der Waals surface area contributed by atoms with Gasteiger partial charge in [-0.05, 0) is 18.2 Å². The second kappa shape index (κ2) is 6.39. The average molecular weight is 298 g/mol. The van der Waals surface area contributed by atoms with Crippen molar-refractivity contribution in [3.8, 4) is 11.5 Å². The minimum Gasteiger partial charge on any atom is -0.495 e. The second-order valence-corrected chi connectivity index (χ2v) is 5.08. The second-order valence-electron chi connectivity index (χ2n) is 5.08. The van der Waals surface area contributed by atoms with Crippen LogP contribution in [-0.4, -0.2) is 26.3 Å². The lowest BCUT2D eigenvalue weighted by atomic mass is 10.0. The Labute approximate surface area is 129 Å². The van der Waals surface area contributed by atoms with Gasteiger partial charge in [0, 0.05) is 18.0 Å². The number of anilines is 1. The third-order valence-corrected chi connectivity index (χ3v) is 3.66. The molecule has 2 amide bonds. The highest BCUT2D eigenvalue weighted by Crippen LogP contribution is 2.32. The number of rotatable bonds is 4. The van der Waals surface area contributed by atoms with E-state index in [0.29, 0.717) is 24.6 Å². The maximum atomic E-state index is 12.0. The molecule has 0 bridgehead atoms. The van der Waals surface area contributed by atoms with Crippen molar-refractivity contribution < 1.29 is 14.3 Å². The fraction of sp³-hybridized carbons (Fsp3) is 0.235. The van der Waals surface area contributed by atoms with E-state index in [2.05, 4.69) is 10.6 Å². The average Bonchev–Trinajstić information content (AvgIpc) is 2.97. The molecule has 0 spiro atoms. The molecule has 0 radical (unpaired) electrons. The van der Waals surface area contributed by atoms with Crippen LogP contribution in [0.1, 0.15) is 11.5 Å². The first-order chi connectivity index (χ1) is 10.8. The largest absolute Gasteiger partial charge is 0.495 e. The smallest absolute Gasteiger partial charge is 0.319 e. The molecule has 2 aromatic rings. The van der Waals surface area contributed by atoms with Crippen molar-refractivity contribution >= 4 is 11.7 Å². The van der Waals surface area contributed by atoms with Gasteiger partial charge in [0.05, 0.1) is 19.4 Å². The first-order valence-electron chi connectivity index (χ1n) is 7.17. The highest BCUT2D eigenvalue weighted by molar-refractivity contribution is 5.90. The normalized spacial score (nSPS) is 15.6. The summed E-state index contributed by atoms with van der Waals surface area (Å²) in [6.07, 6.45) is 0. The molecule has 0 fully saturated rings. The van der Waals surface area contributed by atoms with E-state index in [0.717, 1.165) is 11.3 Å². The number of hydrogen-bond acceptors (Lipinski definition) is 3. The number of nitrogens with one attached hydrogen (secondary N) is 2. The van der Waals surface area contributed by atoms with E-state index in [4.69, 9.17) is 9.47 Å². The van der Waals surface area contributed by atoms with Crippen molar-refractivity contribution in [3.63, 3.8) is 0 Å². The molecule has 0 aliphatic carbocycles. The summed E-state index contributed by atoms with van der Waals surface area (Å²) in [4.78, 5) is 12.0. The number of methoxy groups -OCH3 is 1. The van der Waals surface area contributed by atoms with E-state index in [1.807, 2.05) is 36.4 Å².